The van der Waals surface area contributed by atoms with Gasteiger partial charge in [0.25, 0.3) is 0 Å². The molecule has 0 bridgehead atoms. The molecule has 0 radical (unpaired) electrons. The molecular formula is C18H16N6. The first-order valence-corrected chi connectivity index (χ1v) is 7.64. The standard InChI is InChI=1S/C18H16N6/c19-7-4-2-1-3-5-13-9-15(10-14-11-21-12-16(13)14)23-17-6-8-22-18(20)24-17/h6,8-11H,1-2,4,12H2,(H3,20,22,23,24). The van der Waals surface area contributed by atoms with Crippen molar-refractivity contribution >= 4 is 23.7 Å². The molecule has 6 heteroatoms. The minimum absolute atomic E-state index is 0.222. The van der Waals surface area contributed by atoms with Gasteiger partial charge in [0, 0.05) is 42.1 Å². The maximum Gasteiger partial charge on any atom is 0.221 e. The lowest BCUT2D eigenvalue weighted by molar-refractivity contribution is 0.894. The highest BCUT2D eigenvalue weighted by molar-refractivity contribution is 5.88. The average molecular weight is 316 g/mol. The summed E-state index contributed by atoms with van der Waals surface area (Å²) in [6.07, 6.45) is 5.50. The predicted molar refractivity (Wildman–Crippen MR) is 93.8 cm³/mol. The van der Waals surface area contributed by atoms with E-state index in [1.165, 1.54) is 0 Å². The number of aromatic nitrogens is 2. The molecule has 0 aliphatic carbocycles. The van der Waals surface area contributed by atoms with Crippen molar-refractivity contribution in [1.82, 2.24) is 9.97 Å². The molecule has 0 atom stereocenters. The Labute approximate surface area is 140 Å². The number of fused-ring (bicyclic) bond motifs is 1. The van der Waals surface area contributed by atoms with Crippen LogP contribution in [-0.4, -0.2) is 16.2 Å². The fraction of sp³-hybridized carbons (Fsp3) is 0.222. The van der Waals surface area contributed by atoms with Crippen LogP contribution >= 0.6 is 0 Å². The van der Waals surface area contributed by atoms with E-state index in [-0.39, 0.29) is 5.95 Å². The number of benzene rings is 1. The average Bonchev–Trinajstić information content (AvgIpc) is 3.03. The Morgan fingerprint density at radius 3 is 3.04 bits per heavy atom. The second kappa shape index (κ2) is 7.26. The summed E-state index contributed by atoms with van der Waals surface area (Å²) in [6.45, 7) is 0.651. The van der Waals surface area contributed by atoms with Crippen LogP contribution in [0, 0.1) is 23.2 Å². The van der Waals surface area contributed by atoms with Gasteiger partial charge in [0.2, 0.25) is 5.95 Å². The summed E-state index contributed by atoms with van der Waals surface area (Å²) in [4.78, 5) is 12.3. The highest BCUT2D eigenvalue weighted by Crippen LogP contribution is 2.25. The number of nitriles is 1. The van der Waals surface area contributed by atoms with Gasteiger partial charge in [0.1, 0.15) is 5.82 Å². The van der Waals surface area contributed by atoms with Gasteiger partial charge in [-0.05, 0) is 30.2 Å². The minimum atomic E-state index is 0.222. The Morgan fingerprint density at radius 1 is 1.29 bits per heavy atom. The zero-order valence-electron chi connectivity index (χ0n) is 13.1. The number of nitrogens with two attached hydrogens (primary N) is 1. The summed E-state index contributed by atoms with van der Waals surface area (Å²) in [7, 11) is 0. The van der Waals surface area contributed by atoms with Crippen molar-refractivity contribution in [3.8, 4) is 17.9 Å². The van der Waals surface area contributed by atoms with Crippen molar-refractivity contribution in [2.24, 2.45) is 4.99 Å². The van der Waals surface area contributed by atoms with Crippen LogP contribution in [-0.2, 0) is 6.54 Å². The van der Waals surface area contributed by atoms with Gasteiger partial charge in [-0.3, -0.25) is 4.99 Å². The van der Waals surface area contributed by atoms with E-state index in [2.05, 4.69) is 38.2 Å². The fourth-order valence-electron chi connectivity index (χ4n) is 2.41. The molecule has 24 heavy (non-hydrogen) atoms. The molecule has 1 aliphatic rings. The summed E-state index contributed by atoms with van der Waals surface area (Å²) in [6, 6.07) is 7.89. The summed E-state index contributed by atoms with van der Waals surface area (Å²) in [5.41, 5.74) is 9.63. The third-order valence-corrected chi connectivity index (χ3v) is 3.52. The van der Waals surface area contributed by atoms with Crippen molar-refractivity contribution in [2.45, 2.75) is 25.8 Å². The maximum absolute atomic E-state index is 8.56. The molecule has 3 N–H and O–H groups in total. The molecule has 0 saturated heterocycles. The molecule has 1 aliphatic heterocycles. The van der Waals surface area contributed by atoms with Crippen molar-refractivity contribution in [3.63, 3.8) is 0 Å². The molecule has 2 aromatic rings. The van der Waals surface area contributed by atoms with Crippen LogP contribution in [0.2, 0.25) is 0 Å². The lowest BCUT2D eigenvalue weighted by Gasteiger charge is -2.09. The molecule has 1 aromatic carbocycles. The summed E-state index contributed by atoms with van der Waals surface area (Å²) < 4.78 is 0. The Kier molecular flexibility index (Phi) is 4.69. The van der Waals surface area contributed by atoms with Gasteiger partial charge in [0.15, 0.2) is 0 Å². The number of hydrogen-bond acceptors (Lipinski definition) is 6. The van der Waals surface area contributed by atoms with E-state index in [1.807, 2.05) is 18.3 Å². The van der Waals surface area contributed by atoms with E-state index in [1.54, 1.807) is 12.3 Å². The van der Waals surface area contributed by atoms with Gasteiger partial charge in [0.05, 0.1) is 12.6 Å². The molecule has 118 valence electrons. The topological polar surface area (TPSA) is 100.0 Å². The van der Waals surface area contributed by atoms with Crippen LogP contribution in [0.1, 0.15) is 36.0 Å². The van der Waals surface area contributed by atoms with E-state index < -0.39 is 0 Å². The SMILES string of the molecule is N#CCCCC#Cc1cc(Nc2ccnc(N)n2)cc2c1CN=C2. The van der Waals surface area contributed by atoms with Gasteiger partial charge >= 0.3 is 0 Å². The zero-order valence-corrected chi connectivity index (χ0v) is 13.1. The zero-order chi connectivity index (χ0) is 16.8. The molecule has 0 fully saturated rings. The van der Waals surface area contributed by atoms with Crippen molar-refractivity contribution in [1.29, 1.82) is 5.26 Å². The van der Waals surface area contributed by atoms with Crippen molar-refractivity contribution < 1.29 is 0 Å². The number of aliphatic imine (C=N–C) groups is 1. The third kappa shape index (κ3) is 3.68. The second-order valence-corrected chi connectivity index (χ2v) is 5.30. The third-order valence-electron chi connectivity index (χ3n) is 3.52. The van der Waals surface area contributed by atoms with Gasteiger partial charge in [-0.15, -0.1) is 0 Å². The molecule has 0 spiro atoms. The lowest BCUT2D eigenvalue weighted by atomic mass is 10.0. The van der Waals surface area contributed by atoms with Gasteiger partial charge in [-0.2, -0.15) is 10.2 Å². The van der Waals surface area contributed by atoms with Crippen LogP contribution in [0.25, 0.3) is 0 Å². The molecule has 0 unspecified atom stereocenters. The summed E-state index contributed by atoms with van der Waals surface area (Å²) in [5.74, 6) is 7.19. The molecule has 0 amide bonds. The van der Waals surface area contributed by atoms with Crippen LogP contribution in [0.4, 0.5) is 17.5 Å². The maximum atomic E-state index is 8.56. The number of nitrogens with zero attached hydrogens (tertiary/aromatic N) is 4. The number of nitrogens with one attached hydrogen (secondary N) is 1. The van der Waals surface area contributed by atoms with Crippen LogP contribution in [0.15, 0.2) is 29.4 Å². The Hall–Kier alpha value is -3.38. The Bertz CT molecular complexity index is 883. The van der Waals surface area contributed by atoms with Gasteiger partial charge in [-0.1, -0.05) is 11.8 Å². The fourth-order valence-corrected chi connectivity index (χ4v) is 2.41. The van der Waals surface area contributed by atoms with Crippen molar-refractivity contribution in [3.05, 3.63) is 41.1 Å². The predicted octanol–water partition coefficient (Wildman–Crippen LogP) is 2.78. The molecule has 0 saturated carbocycles. The van der Waals surface area contributed by atoms with Gasteiger partial charge < -0.3 is 11.1 Å². The first kappa shape index (κ1) is 15.5. The van der Waals surface area contributed by atoms with Crippen LogP contribution in [0.5, 0.6) is 0 Å². The molecule has 2 heterocycles. The van der Waals surface area contributed by atoms with E-state index >= 15 is 0 Å². The normalized spacial score (nSPS) is 11.3. The smallest absolute Gasteiger partial charge is 0.221 e. The highest BCUT2D eigenvalue weighted by Gasteiger charge is 2.12. The molecule has 1 aromatic heterocycles. The first-order chi connectivity index (χ1) is 11.8. The summed E-state index contributed by atoms with van der Waals surface area (Å²) >= 11 is 0. The second-order valence-electron chi connectivity index (χ2n) is 5.30. The first-order valence-electron chi connectivity index (χ1n) is 7.64. The molecule has 6 nitrogen and oxygen atoms in total. The lowest BCUT2D eigenvalue weighted by Crippen LogP contribution is -2.00. The summed E-state index contributed by atoms with van der Waals surface area (Å²) in [5, 5.41) is 11.8. The largest absolute Gasteiger partial charge is 0.368 e. The number of rotatable bonds is 4. The number of anilines is 3. The molecular weight excluding hydrogens is 300 g/mol. The van der Waals surface area contributed by atoms with E-state index in [4.69, 9.17) is 11.0 Å². The number of hydrogen-bond donors (Lipinski definition) is 2. The monoisotopic (exact) mass is 316 g/mol. The highest BCUT2D eigenvalue weighted by atomic mass is 15.1. The van der Waals surface area contributed by atoms with Crippen LogP contribution < -0.4 is 11.1 Å². The van der Waals surface area contributed by atoms with E-state index in [0.29, 0.717) is 25.2 Å². The minimum Gasteiger partial charge on any atom is -0.368 e. The van der Waals surface area contributed by atoms with E-state index in [9.17, 15) is 0 Å². The Morgan fingerprint density at radius 2 is 2.21 bits per heavy atom. The number of unbranched alkanes of at least 4 members (excludes halogenated alkanes) is 2. The van der Waals surface area contributed by atoms with Crippen LogP contribution in [0.3, 0.4) is 0 Å². The van der Waals surface area contributed by atoms with Gasteiger partial charge in [-0.25, -0.2) is 4.98 Å². The quantitative estimate of drug-likeness (QED) is 0.667. The number of nitrogen functional groups attached to an aromatic ring is 1. The molecule has 3 rings (SSSR count). The van der Waals surface area contributed by atoms with Crippen molar-refractivity contribution in [2.75, 3.05) is 11.1 Å². The Balaban J connectivity index is 1.84. The van der Waals surface area contributed by atoms with E-state index in [0.717, 1.165) is 28.8 Å².